The fourth-order valence-corrected chi connectivity index (χ4v) is 3.36. The highest BCUT2D eigenvalue weighted by molar-refractivity contribution is 7.99. The Morgan fingerprint density at radius 1 is 1.36 bits per heavy atom. The standard InChI is InChI=1S/C13H16N4O3S2/c1-17(2)13(18)9-5-4-6-10(7-9)22(19,20)16-12-11(21-3)8-14-15-12/h4-8H,1-3H3,(H2,14,15,16). The summed E-state index contributed by atoms with van der Waals surface area (Å²) in [6.45, 7) is 0. The van der Waals surface area contributed by atoms with Gasteiger partial charge in [0.25, 0.3) is 15.9 Å². The summed E-state index contributed by atoms with van der Waals surface area (Å²) in [5, 5.41) is 6.41. The number of amides is 1. The Balaban J connectivity index is 2.34. The lowest BCUT2D eigenvalue weighted by Crippen LogP contribution is -2.22. The monoisotopic (exact) mass is 340 g/mol. The van der Waals surface area contributed by atoms with Crippen molar-refractivity contribution >= 4 is 33.5 Å². The summed E-state index contributed by atoms with van der Waals surface area (Å²) in [5.41, 5.74) is 0.308. The van der Waals surface area contributed by atoms with E-state index < -0.39 is 10.0 Å². The van der Waals surface area contributed by atoms with Crippen LogP contribution in [0.15, 0.2) is 40.3 Å². The third-order valence-corrected chi connectivity index (χ3v) is 4.96. The van der Waals surface area contributed by atoms with E-state index in [1.807, 2.05) is 6.26 Å². The van der Waals surface area contributed by atoms with Crippen LogP contribution in [0, 0.1) is 0 Å². The number of benzene rings is 1. The molecule has 2 N–H and O–H groups in total. The maximum atomic E-state index is 12.4. The summed E-state index contributed by atoms with van der Waals surface area (Å²) in [6.07, 6.45) is 3.35. The van der Waals surface area contributed by atoms with E-state index in [9.17, 15) is 13.2 Å². The lowest BCUT2D eigenvalue weighted by molar-refractivity contribution is 0.0827. The predicted octanol–water partition coefficient (Wildman–Crippen LogP) is 1.63. The number of thioether (sulfide) groups is 1. The minimum absolute atomic E-state index is 0.0156. The van der Waals surface area contributed by atoms with Crippen molar-refractivity contribution in [2.24, 2.45) is 0 Å². The second-order valence-electron chi connectivity index (χ2n) is 4.65. The number of anilines is 1. The van der Waals surface area contributed by atoms with Gasteiger partial charge in [-0.2, -0.15) is 5.10 Å². The van der Waals surface area contributed by atoms with E-state index in [4.69, 9.17) is 0 Å². The van der Waals surface area contributed by atoms with Crippen LogP contribution in [0.1, 0.15) is 10.4 Å². The number of H-pyrrole nitrogens is 1. The number of hydrogen-bond acceptors (Lipinski definition) is 5. The summed E-state index contributed by atoms with van der Waals surface area (Å²) in [5.74, 6) is 0.0419. The Morgan fingerprint density at radius 3 is 2.73 bits per heavy atom. The van der Waals surface area contributed by atoms with E-state index in [0.29, 0.717) is 16.3 Å². The van der Waals surface area contributed by atoms with Crippen molar-refractivity contribution in [1.82, 2.24) is 15.1 Å². The number of carbonyl (C=O) groups is 1. The molecule has 22 heavy (non-hydrogen) atoms. The third kappa shape index (κ3) is 3.42. The van der Waals surface area contributed by atoms with Crippen molar-refractivity contribution in [2.45, 2.75) is 9.79 Å². The highest BCUT2D eigenvalue weighted by atomic mass is 32.2. The number of aromatic amines is 1. The van der Waals surface area contributed by atoms with E-state index >= 15 is 0 Å². The SMILES string of the molecule is CSc1cn[nH]c1NS(=O)(=O)c1cccc(C(=O)N(C)C)c1. The van der Waals surface area contributed by atoms with E-state index in [1.165, 1.54) is 41.1 Å². The van der Waals surface area contributed by atoms with Gasteiger partial charge in [0.1, 0.15) is 5.82 Å². The molecule has 0 saturated carbocycles. The number of carbonyl (C=O) groups excluding carboxylic acids is 1. The number of sulfonamides is 1. The van der Waals surface area contributed by atoms with E-state index in [0.717, 1.165) is 0 Å². The molecule has 2 rings (SSSR count). The predicted molar refractivity (Wildman–Crippen MR) is 85.6 cm³/mol. The van der Waals surface area contributed by atoms with Gasteiger partial charge < -0.3 is 4.90 Å². The van der Waals surface area contributed by atoms with Crippen LogP contribution in [0.4, 0.5) is 5.82 Å². The highest BCUT2D eigenvalue weighted by Gasteiger charge is 2.19. The first-order valence-corrected chi connectivity index (χ1v) is 8.98. The molecule has 2 aromatic rings. The lowest BCUT2D eigenvalue weighted by atomic mass is 10.2. The molecule has 0 fully saturated rings. The molecule has 0 aliphatic carbocycles. The molecular formula is C13H16N4O3S2. The van der Waals surface area contributed by atoms with E-state index in [2.05, 4.69) is 14.9 Å². The van der Waals surface area contributed by atoms with E-state index in [1.54, 1.807) is 20.2 Å². The van der Waals surface area contributed by atoms with Gasteiger partial charge in [-0.25, -0.2) is 8.42 Å². The van der Waals surface area contributed by atoms with Gasteiger partial charge in [-0.3, -0.25) is 14.6 Å². The molecule has 1 amide bonds. The first-order chi connectivity index (χ1) is 10.3. The van der Waals surface area contributed by atoms with Crippen LogP contribution in [-0.2, 0) is 10.0 Å². The van der Waals surface area contributed by atoms with Crippen molar-refractivity contribution in [3.05, 3.63) is 36.0 Å². The van der Waals surface area contributed by atoms with Gasteiger partial charge in [0.15, 0.2) is 0 Å². The Morgan fingerprint density at radius 2 is 2.09 bits per heavy atom. The van der Waals surface area contributed by atoms with Gasteiger partial charge in [-0.1, -0.05) is 6.07 Å². The van der Waals surface area contributed by atoms with Crippen LogP contribution < -0.4 is 4.72 Å². The first kappa shape index (κ1) is 16.4. The molecule has 0 saturated heterocycles. The average Bonchev–Trinajstić information content (AvgIpc) is 2.93. The molecule has 1 heterocycles. The second-order valence-corrected chi connectivity index (χ2v) is 7.18. The van der Waals surface area contributed by atoms with Gasteiger partial charge in [0, 0.05) is 19.7 Å². The second kappa shape index (κ2) is 6.41. The molecule has 0 aliphatic heterocycles. The molecule has 118 valence electrons. The smallest absolute Gasteiger partial charge is 0.263 e. The van der Waals surface area contributed by atoms with Crippen LogP contribution in [-0.4, -0.2) is 49.8 Å². The Kier molecular flexibility index (Phi) is 4.77. The maximum Gasteiger partial charge on any atom is 0.263 e. The quantitative estimate of drug-likeness (QED) is 0.807. The molecule has 7 nitrogen and oxygen atoms in total. The van der Waals surface area contributed by atoms with Crippen molar-refractivity contribution < 1.29 is 13.2 Å². The summed E-state index contributed by atoms with van der Waals surface area (Å²) < 4.78 is 27.3. The number of nitrogens with zero attached hydrogens (tertiary/aromatic N) is 2. The number of hydrogen-bond donors (Lipinski definition) is 2. The zero-order valence-electron chi connectivity index (χ0n) is 12.3. The van der Waals surface area contributed by atoms with Gasteiger partial charge in [0.2, 0.25) is 0 Å². The van der Waals surface area contributed by atoms with Crippen LogP contribution in [0.5, 0.6) is 0 Å². The minimum Gasteiger partial charge on any atom is -0.345 e. The van der Waals surface area contributed by atoms with E-state index in [-0.39, 0.29) is 10.8 Å². The lowest BCUT2D eigenvalue weighted by Gasteiger charge is -2.12. The molecule has 0 radical (unpaired) electrons. The first-order valence-electron chi connectivity index (χ1n) is 6.27. The molecule has 1 aromatic carbocycles. The largest absolute Gasteiger partial charge is 0.345 e. The van der Waals surface area contributed by atoms with Crippen LogP contribution in [0.25, 0.3) is 0 Å². The number of nitrogens with one attached hydrogen (secondary N) is 2. The Bertz CT molecular complexity index is 784. The maximum absolute atomic E-state index is 12.4. The topological polar surface area (TPSA) is 95.2 Å². The van der Waals surface area contributed by atoms with Gasteiger partial charge >= 0.3 is 0 Å². The van der Waals surface area contributed by atoms with Crippen molar-refractivity contribution in [3.8, 4) is 0 Å². The summed E-state index contributed by atoms with van der Waals surface area (Å²) in [6, 6.07) is 5.89. The molecule has 0 bridgehead atoms. The van der Waals surface area contributed by atoms with Crippen LogP contribution in [0.3, 0.4) is 0 Å². The number of aromatic nitrogens is 2. The van der Waals surface area contributed by atoms with Crippen molar-refractivity contribution in [3.63, 3.8) is 0 Å². The van der Waals surface area contributed by atoms with Crippen LogP contribution >= 0.6 is 11.8 Å². The van der Waals surface area contributed by atoms with Crippen LogP contribution in [0.2, 0.25) is 0 Å². The van der Waals surface area contributed by atoms with Gasteiger partial charge in [-0.05, 0) is 24.5 Å². The van der Waals surface area contributed by atoms with Gasteiger partial charge in [-0.15, -0.1) is 11.8 Å². The summed E-state index contributed by atoms with van der Waals surface area (Å²) >= 11 is 1.37. The summed E-state index contributed by atoms with van der Waals surface area (Å²) in [7, 11) is -0.586. The fourth-order valence-electron chi connectivity index (χ4n) is 1.75. The molecular weight excluding hydrogens is 324 g/mol. The molecule has 9 heteroatoms. The third-order valence-electron chi connectivity index (χ3n) is 2.86. The highest BCUT2D eigenvalue weighted by Crippen LogP contribution is 2.25. The van der Waals surface area contributed by atoms with Crippen molar-refractivity contribution in [1.29, 1.82) is 0 Å². The fraction of sp³-hybridized carbons (Fsp3) is 0.231. The zero-order chi connectivity index (χ0) is 16.3. The molecule has 1 aromatic heterocycles. The zero-order valence-corrected chi connectivity index (χ0v) is 14.0. The molecule has 0 atom stereocenters. The molecule has 0 spiro atoms. The molecule has 0 unspecified atom stereocenters. The Hall–Kier alpha value is -2.00. The molecule has 0 aliphatic rings. The average molecular weight is 340 g/mol. The number of rotatable bonds is 5. The summed E-state index contributed by atoms with van der Waals surface area (Å²) in [4.78, 5) is 14.0. The minimum atomic E-state index is -3.80. The van der Waals surface area contributed by atoms with Gasteiger partial charge in [0.05, 0.1) is 16.0 Å². The Labute approximate surface area is 133 Å². The van der Waals surface area contributed by atoms with Crippen molar-refractivity contribution in [2.75, 3.05) is 25.1 Å². The normalized spacial score (nSPS) is 11.2.